The highest BCUT2D eigenvalue weighted by Gasteiger charge is 2.24. The molecule has 0 saturated carbocycles. The lowest BCUT2D eigenvalue weighted by Gasteiger charge is -2.10. The second-order valence-corrected chi connectivity index (χ2v) is 4.24. The van der Waals surface area contributed by atoms with Crippen molar-refractivity contribution in [1.82, 2.24) is 4.98 Å². The minimum absolute atomic E-state index is 0.0638. The highest BCUT2D eigenvalue weighted by molar-refractivity contribution is 6.31. The first-order chi connectivity index (χ1) is 9.13. The molecule has 1 aromatic heterocycles. The van der Waals surface area contributed by atoms with Crippen LogP contribution in [0, 0.1) is 17.1 Å². The predicted octanol–water partition coefficient (Wildman–Crippen LogP) is 3.36. The third kappa shape index (κ3) is 2.78. The molecule has 0 fully saturated rings. The number of halogens is 2. The molecule has 0 aliphatic rings. The summed E-state index contributed by atoms with van der Waals surface area (Å²) in [6, 6.07) is 8.54. The highest BCUT2D eigenvalue weighted by Crippen LogP contribution is 2.27. The van der Waals surface area contributed by atoms with E-state index in [2.05, 4.69) is 4.98 Å². The van der Waals surface area contributed by atoms with Crippen LogP contribution in [0.2, 0.25) is 5.02 Å². The number of hydrogen-bond donors (Lipinski definition) is 0. The summed E-state index contributed by atoms with van der Waals surface area (Å²) in [5, 5.41) is 9.23. The van der Waals surface area contributed by atoms with Crippen molar-refractivity contribution in [2.24, 2.45) is 0 Å². The van der Waals surface area contributed by atoms with Crippen molar-refractivity contribution < 1.29 is 9.18 Å². The maximum Gasteiger partial charge on any atom is 0.184 e. The monoisotopic (exact) mass is 274 g/mol. The topological polar surface area (TPSA) is 53.8 Å². The van der Waals surface area contributed by atoms with Gasteiger partial charge in [0.1, 0.15) is 11.7 Å². The maximum atomic E-state index is 13.0. The van der Waals surface area contributed by atoms with E-state index in [0.29, 0.717) is 11.1 Å². The lowest BCUT2D eigenvalue weighted by molar-refractivity contribution is 0.0978. The van der Waals surface area contributed by atoms with E-state index in [-0.39, 0.29) is 5.02 Å². The molecule has 0 N–H and O–H groups in total. The van der Waals surface area contributed by atoms with Crippen LogP contribution in [0.1, 0.15) is 21.8 Å². The largest absolute Gasteiger partial charge is 0.292 e. The van der Waals surface area contributed by atoms with Gasteiger partial charge in [0.15, 0.2) is 5.78 Å². The second-order valence-electron chi connectivity index (χ2n) is 3.83. The first kappa shape index (κ1) is 13.2. The number of nitrogens with zero attached hydrogens (tertiary/aromatic N) is 2. The molecule has 0 bridgehead atoms. The van der Waals surface area contributed by atoms with Crippen molar-refractivity contribution in [1.29, 1.82) is 5.26 Å². The van der Waals surface area contributed by atoms with Crippen LogP contribution in [0.3, 0.4) is 0 Å². The number of ketones is 1. The summed E-state index contributed by atoms with van der Waals surface area (Å²) in [7, 11) is 0. The van der Waals surface area contributed by atoms with Crippen LogP contribution in [0.15, 0.2) is 42.7 Å². The van der Waals surface area contributed by atoms with Crippen LogP contribution >= 0.6 is 11.6 Å². The lowest BCUT2D eigenvalue weighted by atomic mass is 9.92. The van der Waals surface area contributed by atoms with Crippen LogP contribution in [0.4, 0.5) is 4.39 Å². The first-order valence-electron chi connectivity index (χ1n) is 5.42. The van der Waals surface area contributed by atoms with E-state index >= 15 is 0 Å². The van der Waals surface area contributed by atoms with E-state index in [1.807, 2.05) is 6.07 Å². The average Bonchev–Trinajstić information content (AvgIpc) is 2.42. The van der Waals surface area contributed by atoms with Gasteiger partial charge in [0, 0.05) is 23.0 Å². The molecule has 1 unspecified atom stereocenters. The van der Waals surface area contributed by atoms with Gasteiger partial charge >= 0.3 is 0 Å². The van der Waals surface area contributed by atoms with Gasteiger partial charge < -0.3 is 0 Å². The molecular weight excluding hydrogens is 267 g/mol. The Morgan fingerprint density at radius 1 is 1.32 bits per heavy atom. The summed E-state index contributed by atoms with van der Waals surface area (Å²) < 4.78 is 13.0. The summed E-state index contributed by atoms with van der Waals surface area (Å²) in [5.74, 6) is -1.96. The van der Waals surface area contributed by atoms with Crippen molar-refractivity contribution in [3.63, 3.8) is 0 Å². The van der Waals surface area contributed by atoms with Gasteiger partial charge in [0.05, 0.1) is 6.07 Å². The van der Waals surface area contributed by atoms with Crippen LogP contribution in [-0.2, 0) is 0 Å². The molecule has 2 aromatic rings. The normalized spacial score (nSPS) is 11.6. The highest BCUT2D eigenvalue weighted by atomic mass is 35.5. The zero-order valence-corrected chi connectivity index (χ0v) is 10.4. The number of aromatic nitrogens is 1. The van der Waals surface area contributed by atoms with E-state index in [4.69, 9.17) is 16.9 Å². The van der Waals surface area contributed by atoms with E-state index < -0.39 is 17.5 Å². The van der Waals surface area contributed by atoms with E-state index in [1.54, 1.807) is 0 Å². The average molecular weight is 275 g/mol. The summed E-state index contributed by atoms with van der Waals surface area (Å²) in [6.07, 6.45) is 2.93. The third-order valence-electron chi connectivity index (χ3n) is 2.63. The fraction of sp³-hybridized carbons (Fsp3) is 0.0714. The molecule has 3 nitrogen and oxygen atoms in total. The second kappa shape index (κ2) is 5.59. The number of Topliss-reactive ketones (excluding diaryl/α,β-unsaturated/α-hetero) is 1. The van der Waals surface area contributed by atoms with Gasteiger partial charge in [-0.15, -0.1) is 0 Å². The number of pyridine rings is 1. The fourth-order valence-corrected chi connectivity index (χ4v) is 1.96. The molecule has 0 aliphatic heterocycles. The van der Waals surface area contributed by atoms with E-state index in [9.17, 15) is 9.18 Å². The third-order valence-corrected chi connectivity index (χ3v) is 2.96. The maximum absolute atomic E-state index is 13.0. The zero-order chi connectivity index (χ0) is 13.8. The number of hydrogen-bond acceptors (Lipinski definition) is 3. The van der Waals surface area contributed by atoms with Crippen LogP contribution < -0.4 is 0 Å². The number of carbonyl (C=O) groups is 1. The lowest BCUT2D eigenvalue weighted by Crippen LogP contribution is -2.12. The van der Waals surface area contributed by atoms with Crippen molar-refractivity contribution >= 4 is 17.4 Å². The van der Waals surface area contributed by atoms with Gasteiger partial charge in [0.2, 0.25) is 0 Å². The Labute approximate surface area is 114 Å². The molecule has 0 radical (unpaired) electrons. The Morgan fingerprint density at radius 2 is 2.00 bits per heavy atom. The molecule has 1 atom stereocenters. The molecule has 5 heteroatoms. The van der Waals surface area contributed by atoms with Crippen molar-refractivity contribution in [2.75, 3.05) is 0 Å². The van der Waals surface area contributed by atoms with E-state index in [1.165, 1.54) is 36.7 Å². The molecule has 0 amide bonds. The number of carbonyl (C=O) groups excluding carboxylic acids is 1. The predicted molar refractivity (Wildman–Crippen MR) is 68.3 cm³/mol. The van der Waals surface area contributed by atoms with Gasteiger partial charge in [-0.3, -0.25) is 9.78 Å². The number of rotatable bonds is 3. The minimum atomic E-state index is -1.06. The van der Waals surface area contributed by atoms with Gasteiger partial charge in [-0.1, -0.05) is 17.7 Å². The van der Waals surface area contributed by atoms with Crippen molar-refractivity contribution in [2.45, 2.75) is 5.92 Å². The number of benzene rings is 1. The summed E-state index contributed by atoms with van der Waals surface area (Å²) in [6.45, 7) is 0. The zero-order valence-electron chi connectivity index (χ0n) is 9.68. The Balaban J connectivity index is 2.41. The molecule has 0 saturated heterocycles. The molecular formula is C14H8ClFN2O. The van der Waals surface area contributed by atoms with Crippen LogP contribution in [-0.4, -0.2) is 10.8 Å². The van der Waals surface area contributed by atoms with Gasteiger partial charge in [-0.25, -0.2) is 4.39 Å². The van der Waals surface area contributed by atoms with Gasteiger partial charge in [-0.2, -0.15) is 5.26 Å². The Bertz CT molecular complexity index is 652. The quantitative estimate of drug-likeness (QED) is 0.807. The fourth-order valence-electron chi connectivity index (χ4n) is 1.69. The SMILES string of the molecule is N#CC(C(=O)c1ccncc1)c1ccc(F)cc1Cl. The minimum Gasteiger partial charge on any atom is -0.292 e. The molecule has 0 aliphatic carbocycles. The Hall–Kier alpha value is -2.25. The van der Waals surface area contributed by atoms with Gasteiger partial charge in [0.25, 0.3) is 0 Å². The molecule has 1 heterocycles. The van der Waals surface area contributed by atoms with Crippen molar-refractivity contribution in [3.8, 4) is 6.07 Å². The smallest absolute Gasteiger partial charge is 0.184 e. The first-order valence-corrected chi connectivity index (χ1v) is 5.80. The van der Waals surface area contributed by atoms with E-state index in [0.717, 1.165) is 6.07 Å². The summed E-state index contributed by atoms with van der Waals surface area (Å²) in [4.78, 5) is 16.0. The molecule has 0 spiro atoms. The molecule has 1 aromatic carbocycles. The Morgan fingerprint density at radius 3 is 2.58 bits per heavy atom. The van der Waals surface area contributed by atoms with Crippen LogP contribution in [0.5, 0.6) is 0 Å². The van der Waals surface area contributed by atoms with Crippen molar-refractivity contribution in [3.05, 3.63) is 64.7 Å². The standard InChI is InChI=1S/C14H8ClFN2O/c15-13-7-10(16)1-2-11(13)12(8-17)14(19)9-3-5-18-6-4-9/h1-7,12H. The Kier molecular flexibility index (Phi) is 3.88. The van der Waals surface area contributed by atoms with Crippen LogP contribution in [0.25, 0.3) is 0 Å². The molecule has 19 heavy (non-hydrogen) atoms. The number of nitriles is 1. The molecule has 94 valence electrons. The summed E-state index contributed by atoms with van der Waals surface area (Å²) >= 11 is 5.88. The summed E-state index contributed by atoms with van der Waals surface area (Å²) in [5.41, 5.74) is 0.661. The van der Waals surface area contributed by atoms with Gasteiger partial charge in [-0.05, 0) is 29.8 Å². The molecule has 2 rings (SSSR count).